The predicted octanol–water partition coefficient (Wildman–Crippen LogP) is 2.50. The van der Waals surface area contributed by atoms with Crippen LogP contribution in [0.5, 0.6) is 0 Å². The Balaban J connectivity index is 0.000000236. The molecule has 4 aliphatic heterocycles. The Hall–Kier alpha value is -6.26. The molecule has 4 aliphatic rings. The Morgan fingerprint density at radius 1 is 0.787 bits per heavy atom. The predicted molar refractivity (Wildman–Crippen MR) is 224 cm³/mol. The van der Waals surface area contributed by atoms with Gasteiger partial charge in [0.2, 0.25) is 11.8 Å². The number of hydrogen-bond acceptors (Lipinski definition) is 16. The van der Waals surface area contributed by atoms with Crippen LogP contribution in [0.15, 0.2) is 46.6 Å². The van der Waals surface area contributed by atoms with E-state index in [2.05, 4.69) is 46.9 Å². The van der Waals surface area contributed by atoms with E-state index in [9.17, 15) is 37.5 Å². The lowest BCUT2D eigenvalue weighted by molar-refractivity contribution is -0.144. The smallest absolute Gasteiger partial charge is 0.414 e. The summed E-state index contributed by atoms with van der Waals surface area (Å²) in [4.78, 5) is 73.7. The van der Waals surface area contributed by atoms with Gasteiger partial charge in [0, 0.05) is 26.9 Å². The summed E-state index contributed by atoms with van der Waals surface area (Å²) in [5.41, 5.74) is 4.28. The molecule has 2 aromatic carbocycles. The summed E-state index contributed by atoms with van der Waals surface area (Å²) in [5, 5.41) is 15.1. The quantitative estimate of drug-likeness (QED) is 0.150. The lowest BCUT2D eigenvalue weighted by atomic mass is 10.2. The van der Waals surface area contributed by atoms with Crippen LogP contribution in [0.2, 0.25) is 0 Å². The van der Waals surface area contributed by atoms with Crippen molar-refractivity contribution in [2.45, 2.75) is 39.9 Å². The van der Waals surface area contributed by atoms with Crippen LogP contribution in [0.1, 0.15) is 27.7 Å². The fraction of sp³-hybridized carbons (Fsp3) is 0.474. The first-order valence-electron chi connectivity index (χ1n) is 19.2. The van der Waals surface area contributed by atoms with Gasteiger partial charge in [-0.3, -0.25) is 34.0 Å². The van der Waals surface area contributed by atoms with Crippen LogP contribution >= 0.6 is 15.9 Å². The molecule has 0 radical (unpaired) electrons. The fourth-order valence-electron chi connectivity index (χ4n) is 5.90. The highest BCUT2D eigenvalue weighted by Crippen LogP contribution is 2.29. The minimum Gasteiger partial charge on any atom is -0.465 e. The molecule has 0 unspecified atom stereocenters. The number of benzene rings is 2. The van der Waals surface area contributed by atoms with Crippen molar-refractivity contribution in [2.24, 2.45) is 10.2 Å². The molecule has 23 heteroatoms. The Labute approximate surface area is 359 Å². The highest BCUT2D eigenvalue weighted by molar-refractivity contribution is 9.09. The van der Waals surface area contributed by atoms with Crippen LogP contribution in [-0.4, -0.2) is 143 Å². The molecule has 2 fully saturated rings. The number of halogens is 3. The molecular formula is C38H49BrF2N10O10. The number of esters is 2. The van der Waals surface area contributed by atoms with E-state index in [4.69, 9.17) is 14.2 Å². The maximum atomic E-state index is 14.7. The van der Waals surface area contributed by atoms with Gasteiger partial charge in [0.15, 0.2) is 0 Å². The summed E-state index contributed by atoms with van der Waals surface area (Å²) in [6.45, 7) is 10.1. The molecule has 20 nitrogen and oxygen atoms in total. The number of hydrazone groups is 2. The summed E-state index contributed by atoms with van der Waals surface area (Å²) in [6, 6.07) is 9.02. The molecule has 0 aromatic heterocycles. The van der Waals surface area contributed by atoms with Gasteiger partial charge in [0.1, 0.15) is 48.4 Å². The molecule has 2 aromatic rings. The lowest BCUT2D eigenvalue weighted by Crippen LogP contribution is -2.40. The first-order chi connectivity index (χ1) is 29.2. The molecule has 4 amide bonds. The molecule has 6 rings (SSSR count). The van der Waals surface area contributed by atoms with Crippen LogP contribution in [0, 0.1) is 11.6 Å². The number of amides is 4. The number of rotatable bonds is 13. The van der Waals surface area contributed by atoms with Gasteiger partial charge < -0.3 is 44.8 Å². The topological polar surface area (TPSA) is 216 Å². The third kappa shape index (κ3) is 14.5. The summed E-state index contributed by atoms with van der Waals surface area (Å²) in [7, 11) is 0. The number of anilines is 4. The van der Waals surface area contributed by atoms with Crippen molar-refractivity contribution in [3.8, 4) is 0 Å². The Morgan fingerprint density at radius 3 is 1.69 bits per heavy atom. The number of alkyl halides is 1. The summed E-state index contributed by atoms with van der Waals surface area (Å²) >= 11 is 2.94. The SMILES string of the molecule is CC(=O)NC[C@H]1CN(c2ccc(N3C=NNCC3)c(F)c2)C(=O)O1.CCOC(=O)CBr.CCOC(=O)CN1CCN(c2ccc(N3C[C@H](CNC(C)=O)OC3=O)cc2F)C=N1. The first kappa shape index (κ1) is 47.4. The van der Waals surface area contributed by atoms with E-state index in [1.165, 1.54) is 48.5 Å². The third-order valence-electron chi connectivity index (χ3n) is 8.75. The second-order valence-electron chi connectivity index (χ2n) is 13.3. The number of ether oxygens (including phenoxy) is 4. The van der Waals surface area contributed by atoms with E-state index in [1.807, 2.05) is 0 Å². The van der Waals surface area contributed by atoms with E-state index >= 15 is 0 Å². The second kappa shape index (κ2) is 23.5. The molecule has 3 N–H and O–H groups in total. The largest absolute Gasteiger partial charge is 0.465 e. The number of carbonyl (C=O) groups excluding carboxylic acids is 6. The molecular weight excluding hydrogens is 874 g/mol. The minimum absolute atomic E-state index is 0.0380. The monoisotopic (exact) mass is 922 g/mol. The summed E-state index contributed by atoms with van der Waals surface area (Å²) in [6.07, 6.45) is 0.880. The van der Waals surface area contributed by atoms with Crippen molar-refractivity contribution in [3.63, 3.8) is 0 Å². The Morgan fingerprint density at radius 2 is 1.30 bits per heavy atom. The van der Waals surface area contributed by atoms with Crippen molar-refractivity contribution in [2.75, 3.05) is 97.0 Å². The van der Waals surface area contributed by atoms with Crippen molar-refractivity contribution >= 4 is 87.3 Å². The molecule has 0 bridgehead atoms. The number of carbonyl (C=O) groups is 6. The molecule has 0 spiro atoms. The zero-order valence-corrected chi connectivity index (χ0v) is 35.7. The van der Waals surface area contributed by atoms with Crippen LogP contribution in [0.3, 0.4) is 0 Å². The number of nitrogens with zero attached hydrogens (tertiary/aromatic N) is 7. The highest BCUT2D eigenvalue weighted by atomic mass is 79.9. The number of nitrogens with one attached hydrogen (secondary N) is 3. The highest BCUT2D eigenvalue weighted by Gasteiger charge is 2.34. The maximum absolute atomic E-state index is 14.7. The number of hydrogen-bond donors (Lipinski definition) is 3. The van der Waals surface area contributed by atoms with E-state index in [-0.39, 0.29) is 56.5 Å². The second-order valence-corrected chi connectivity index (χ2v) is 13.8. The molecule has 0 saturated carbocycles. The Kier molecular flexibility index (Phi) is 18.3. The third-order valence-corrected chi connectivity index (χ3v) is 9.21. The minimum atomic E-state index is -0.591. The van der Waals surface area contributed by atoms with Gasteiger partial charge in [-0.15, -0.1) is 0 Å². The van der Waals surface area contributed by atoms with Crippen LogP contribution in [0.25, 0.3) is 0 Å². The van der Waals surface area contributed by atoms with Gasteiger partial charge in [-0.1, -0.05) is 15.9 Å². The van der Waals surface area contributed by atoms with Gasteiger partial charge in [-0.2, -0.15) is 10.2 Å². The van der Waals surface area contributed by atoms with Crippen LogP contribution in [-0.2, 0) is 38.1 Å². The normalized spacial score (nSPS) is 17.9. The molecule has 2 saturated heterocycles. The van der Waals surface area contributed by atoms with E-state index < -0.39 is 36.0 Å². The van der Waals surface area contributed by atoms with Crippen molar-refractivity contribution in [1.82, 2.24) is 21.1 Å². The van der Waals surface area contributed by atoms with Crippen LogP contribution < -0.4 is 35.7 Å². The van der Waals surface area contributed by atoms with Gasteiger partial charge in [-0.25, -0.2) is 18.4 Å². The van der Waals surface area contributed by atoms with Crippen molar-refractivity contribution in [1.29, 1.82) is 0 Å². The maximum Gasteiger partial charge on any atom is 0.414 e. The average molecular weight is 924 g/mol. The zero-order valence-electron chi connectivity index (χ0n) is 34.1. The van der Waals surface area contributed by atoms with Crippen LogP contribution in [0.4, 0.5) is 41.1 Å². The molecule has 0 aliphatic carbocycles. The summed E-state index contributed by atoms with van der Waals surface area (Å²) < 4.78 is 48.9. The fourth-order valence-corrected chi connectivity index (χ4v) is 6.07. The molecule has 332 valence electrons. The van der Waals surface area contributed by atoms with E-state index in [0.29, 0.717) is 67.5 Å². The van der Waals surface area contributed by atoms with Crippen molar-refractivity contribution in [3.05, 3.63) is 48.0 Å². The van der Waals surface area contributed by atoms with Gasteiger partial charge in [0.05, 0.1) is 75.2 Å². The van der Waals surface area contributed by atoms with Gasteiger partial charge >= 0.3 is 24.1 Å². The Bertz CT molecular complexity index is 1950. The van der Waals surface area contributed by atoms with E-state index in [1.54, 1.807) is 52.9 Å². The molecule has 2 atom stereocenters. The molecule has 4 heterocycles. The number of cyclic esters (lactones) is 2. The lowest BCUT2D eigenvalue weighted by Gasteiger charge is -2.29. The van der Waals surface area contributed by atoms with E-state index in [0.717, 1.165) is 0 Å². The standard InChI is InChI=1S/C19H24FN5O5.C15H18FN5O3.C4H7BrO2/c1-3-29-18(27)11-24-7-6-23(12-22-24)17-5-4-14(8-16(17)20)25-10-15(30-19(25)28)9-21-13(2)26;1-10(22)17-7-12-8-21(15(23)24-12)11-2-3-14(13(16)6-11)20-5-4-18-19-9-20;1-2-7-4(6)3-5/h4-5,8,12,15H,3,6-7,9-11H2,1-2H3,(H,21,26);2-3,6,9,12,18H,4-5,7-8H2,1H3,(H,17,22);2-3H2,1H3/t15-;12-;/m00./s1. The first-order valence-corrected chi connectivity index (χ1v) is 20.3. The van der Waals surface area contributed by atoms with Gasteiger partial charge in [-0.05, 0) is 50.2 Å². The van der Waals surface area contributed by atoms with Gasteiger partial charge in [0.25, 0.3) is 0 Å². The summed E-state index contributed by atoms with van der Waals surface area (Å²) in [5.74, 6) is -1.95. The van der Waals surface area contributed by atoms with Crippen molar-refractivity contribution < 1.29 is 56.5 Å². The average Bonchev–Trinajstić information content (AvgIpc) is 3.81. The molecule has 61 heavy (non-hydrogen) atoms. The zero-order chi connectivity index (χ0) is 44.5.